The Labute approximate surface area is 163 Å². The van der Waals surface area contributed by atoms with E-state index in [-0.39, 0.29) is 5.56 Å². The van der Waals surface area contributed by atoms with E-state index in [1.807, 2.05) is 42.5 Å². The van der Waals surface area contributed by atoms with Gasteiger partial charge in [0, 0.05) is 24.9 Å². The number of anilines is 1. The van der Waals surface area contributed by atoms with Gasteiger partial charge >= 0.3 is 0 Å². The van der Waals surface area contributed by atoms with Crippen molar-refractivity contribution >= 4 is 39.1 Å². The third-order valence-corrected chi connectivity index (χ3v) is 5.87. The molecule has 0 spiro atoms. The zero-order valence-electron chi connectivity index (χ0n) is 14.3. The maximum atomic E-state index is 13.0. The van der Waals surface area contributed by atoms with Gasteiger partial charge in [0.15, 0.2) is 5.16 Å². The van der Waals surface area contributed by atoms with Crippen LogP contribution in [0.15, 0.2) is 58.6 Å². The third kappa shape index (κ3) is 3.99. The van der Waals surface area contributed by atoms with Crippen LogP contribution in [0.25, 0.3) is 10.9 Å². The molecule has 2 N–H and O–H groups in total. The zero-order valence-corrected chi connectivity index (χ0v) is 15.9. The molecule has 0 unspecified atom stereocenters. The van der Waals surface area contributed by atoms with Crippen LogP contribution in [0.1, 0.15) is 10.7 Å². The van der Waals surface area contributed by atoms with Crippen molar-refractivity contribution in [1.82, 2.24) is 24.7 Å². The van der Waals surface area contributed by atoms with Gasteiger partial charge in [-0.1, -0.05) is 41.3 Å². The quantitative estimate of drug-likeness (QED) is 0.395. The van der Waals surface area contributed by atoms with Crippen molar-refractivity contribution in [3.63, 3.8) is 0 Å². The number of pyridine rings is 1. The Balaban J connectivity index is 1.67. The normalized spacial score (nSPS) is 11.1. The van der Waals surface area contributed by atoms with Gasteiger partial charge in [0.1, 0.15) is 5.01 Å². The summed E-state index contributed by atoms with van der Waals surface area (Å²) in [5.74, 6) is 0.559. The Morgan fingerprint density at radius 2 is 1.96 bits per heavy atom. The van der Waals surface area contributed by atoms with Crippen molar-refractivity contribution < 1.29 is 0 Å². The molecule has 1 aromatic carbocycles. The molecule has 4 rings (SSSR count). The van der Waals surface area contributed by atoms with Crippen molar-refractivity contribution in [2.24, 2.45) is 0 Å². The lowest BCUT2D eigenvalue weighted by atomic mass is 10.2. The highest BCUT2D eigenvalue weighted by atomic mass is 32.2. The SMILES string of the molecule is Nc1nnc(CSc2nc3ccccc3c(=O)n2CCc2ccccn2)s1. The molecule has 0 saturated heterocycles. The minimum absolute atomic E-state index is 0.0455. The van der Waals surface area contributed by atoms with Gasteiger partial charge in [0.05, 0.1) is 16.7 Å². The fourth-order valence-electron chi connectivity index (χ4n) is 2.68. The van der Waals surface area contributed by atoms with Gasteiger partial charge in [-0.2, -0.15) is 0 Å². The summed E-state index contributed by atoms with van der Waals surface area (Å²) in [4.78, 5) is 22.1. The predicted octanol–water partition coefficient (Wildman–Crippen LogP) is 2.76. The van der Waals surface area contributed by atoms with Gasteiger partial charge in [-0.3, -0.25) is 14.3 Å². The van der Waals surface area contributed by atoms with E-state index in [1.165, 1.54) is 23.1 Å². The van der Waals surface area contributed by atoms with E-state index in [4.69, 9.17) is 10.7 Å². The molecule has 0 aliphatic heterocycles. The summed E-state index contributed by atoms with van der Waals surface area (Å²) in [6.07, 6.45) is 2.41. The standard InChI is InChI=1S/C18H16N6OS2/c19-17-23-22-15(27-17)11-26-18-21-14-7-2-1-6-13(14)16(25)24(18)10-8-12-5-3-4-9-20-12/h1-7,9H,8,10-11H2,(H2,19,23). The van der Waals surface area contributed by atoms with Crippen molar-refractivity contribution in [2.75, 3.05) is 5.73 Å². The summed E-state index contributed by atoms with van der Waals surface area (Å²) in [7, 11) is 0. The Hall–Kier alpha value is -2.78. The summed E-state index contributed by atoms with van der Waals surface area (Å²) in [6.45, 7) is 0.508. The number of rotatable bonds is 6. The first-order valence-electron chi connectivity index (χ1n) is 8.31. The first-order chi connectivity index (χ1) is 13.2. The minimum atomic E-state index is -0.0455. The number of nitrogens with two attached hydrogens (primary N) is 1. The number of para-hydroxylation sites is 1. The number of nitrogens with zero attached hydrogens (tertiary/aromatic N) is 5. The molecule has 9 heteroatoms. The van der Waals surface area contributed by atoms with E-state index in [2.05, 4.69) is 15.2 Å². The van der Waals surface area contributed by atoms with E-state index in [0.29, 0.717) is 39.9 Å². The molecule has 27 heavy (non-hydrogen) atoms. The highest BCUT2D eigenvalue weighted by Crippen LogP contribution is 2.24. The van der Waals surface area contributed by atoms with Crippen LogP contribution in [0.2, 0.25) is 0 Å². The Morgan fingerprint density at radius 1 is 1.11 bits per heavy atom. The van der Waals surface area contributed by atoms with Crippen LogP contribution < -0.4 is 11.3 Å². The van der Waals surface area contributed by atoms with Gasteiger partial charge in [-0.15, -0.1) is 10.2 Å². The van der Waals surface area contributed by atoms with Gasteiger partial charge < -0.3 is 5.73 Å². The molecule has 0 bridgehead atoms. The first kappa shape index (κ1) is 17.6. The lowest BCUT2D eigenvalue weighted by molar-refractivity contribution is 0.590. The van der Waals surface area contributed by atoms with Crippen LogP contribution >= 0.6 is 23.1 Å². The van der Waals surface area contributed by atoms with Crippen molar-refractivity contribution in [2.45, 2.75) is 23.9 Å². The Kier molecular flexibility index (Phi) is 5.12. The Bertz CT molecular complexity index is 1130. The van der Waals surface area contributed by atoms with E-state index in [1.54, 1.807) is 10.8 Å². The molecule has 4 aromatic rings. The zero-order chi connectivity index (χ0) is 18.6. The maximum Gasteiger partial charge on any atom is 0.262 e. The number of fused-ring (bicyclic) bond motifs is 1. The van der Waals surface area contributed by atoms with Crippen LogP contribution in [0.4, 0.5) is 5.13 Å². The van der Waals surface area contributed by atoms with Crippen LogP contribution in [-0.2, 0) is 18.7 Å². The minimum Gasteiger partial charge on any atom is -0.374 e. The third-order valence-electron chi connectivity index (χ3n) is 3.95. The first-order valence-corrected chi connectivity index (χ1v) is 10.1. The van der Waals surface area contributed by atoms with Gasteiger partial charge in [0.2, 0.25) is 5.13 Å². The summed E-state index contributed by atoms with van der Waals surface area (Å²) < 4.78 is 1.71. The monoisotopic (exact) mass is 396 g/mol. The number of nitrogen functional groups attached to an aromatic ring is 1. The molecule has 0 amide bonds. The molecular weight excluding hydrogens is 380 g/mol. The lowest BCUT2D eigenvalue weighted by Gasteiger charge is -2.12. The second kappa shape index (κ2) is 7.85. The average Bonchev–Trinajstić information content (AvgIpc) is 3.12. The summed E-state index contributed by atoms with van der Waals surface area (Å²) in [5, 5.41) is 10.4. The molecule has 3 aromatic heterocycles. The topological polar surface area (TPSA) is 99.6 Å². The fourth-order valence-corrected chi connectivity index (χ4v) is 4.30. The van der Waals surface area contributed by atoms with E-state index in [0.717, 1.165) is 10.7 Å². The number of hydrogen-bond acceptors (Lipinski definition) is 8. The van der Waals surface area contributed by atoms with Gasteiger partial charge in [-0.05, 0) is 24.3 Å². The molecule has 0 aliphatic rings. The Morgan fingerprint density at radius 3 is 2.74 bits per heavy atom. The maximum absolute atomic E-state index is 13.0. The molecule has 7 nitrogen and oxygen atoms in total. The predicted molar refractivity (Wildman–Crippen MR) is 108 cm³/mol. The summed E-state index contributed by atoms with van der Waals surface area (Å²) in [5.41, 5.74) is 7.23. The summed E-state index contributed by atoms with van der Waals surface area (Å²) in [6, 6.07) is 13.2. The smallest absolute Gasteiger partial charge is 0.262 e. The van der Waals surface area contributed by atoms with Crippen LogP contribution in [0.5, 0.6) is 0 Å². The van der Waals surface area contributed by atoms with E-state index in [9.17, 15) is 4.79 Å². The van der Waals surface area contributed by atoms with Gasteiger partial charge in [0.25, 0.3) is 5.56 Å². The van der Waals surface area contributed by atoms with Crippen LogP contribution in [0, 0.1) is 0 Å². The molecule has 136 valence electrons. The average molecular weight is 397 g/mol. The highest BCUT2D eigenvalue weighted by Gasteiger charge is 2.13. The van der Waals surface area contributed by atoms with Gasteiger partial charge in [-0.25, -0.2) is 4.98 Å². The van der Waals surface area contributed by atoms with Crippen LogP contribution in [-0.4, -0.2) is 24.7 Å². The number of aryl methyl sites for hydroxylation is 1. The number of thioether (sulfide) groups is 1. The largest absolute Gasteiger partial charge is 0.374 e. The van der Waals surface area contributed by atoms with Crippen molar-refractivity contribution in [3.8, 4) is 0 Å². The van der Waals surface area contributed by atoms with E-state index < -0.39 is 0 Å². The molecule has 0 saturated carbocycles. The molecule has 0 fully saturated rings. The number of aromatic nitrogens is 5. The molecular formula is C18H16N6OS2. The van der Waals surface area contributed by atoms with Crippen molar-refractivity contribution in [1.29, 1.82) is 0 Å². The van der Waals surface area contributed by atoms with E-state index >= 15 is 0 Å². The number of hydrogen-bond donors (Lipinski definition) is 1. The molecule has 0 atom stereocenters. The number of benzene rings is 1. The van der Waals surface area contributed by atoms with Crippen molar-refractivity contribution in [3.05, 3.63) is 69.7 Å². The van der Waals surface area contributed by atoms with Crippen LogP contribution in [0.3, 0.4) is 0 Å². The summed E-state index contributed by atoms with van der Waals surface area (Å²) >= 11 is 2.80. The molecule has 3 heterocycles. The fraction of sp³-hybridized carbons (Fsp3) is 0.167. The molecule has 0 radical (unpaired) electrons. The second-order valence-corrected chi connectivity index (χ2v) is 7.80. The lowest BCUT2D eigenvalue weighted by Crippen LogP contribution is -2.24. The second-order valence-electron chi connectivity index (χ2n) is 5.76. The molecule has 0 aliphatic carbocycles. The highest BCUT2D eigenvalue weighted by molar-refractivity contribution is 7.98.